The zero-order valence-electron chi connectivity index (χ0n) is 21.1. The van der Waals surface area contributed by atoms with Crippen molar-refractivity contribution in [3.63, 3.8) is 0 Å². The number of alkyl halides is 2. The molecule has 2 aliphatic heterocycles. The van der Waals surface area contributed by atoms with E-state index < -0.39 is 30.4 Å². The van der Waals surface area contributed by atoms with Gasteiger partial charge in [-0.15, -0.1) is 0 Å². The van der Waals surface area contributed by atoms with Gasteiger partial charge in [0.15, 0.2) is 11.5 Å². The quantitative estimate of drug-likeness (QED) is 0.429. The third-order valence-corrected chi connectivity index (χ3v) is 7.13. The van der Waals surface area contributed by atoms with Crippen molar-refractivity contribution in [2.24, 2.45) is 5.92 Å². The van der Waals surface area contributed by atoms with Gasteiger partial charge < -0.3 is 24.8 Å². The molecule has 3 aromatic rings. The number of halogens is 3. The number of aliphatic hydroxyl groups is 1. The van der Waals surface area contributed by atoms with E-state index in [1.165, 1.54) is 12.1 Å². The van der Waals surface area contributed by atoms with Crippen molar-refractivity contribution >= 4 is 16.7 Å². The molecule has 1 fully saturated rings. The number of carbonyl (C=O) groups is 1. The second-order valence-electron chi connectivity index (χ2n) is 10.3. The molecule has 2 N–H and O–H groups in total. The summed E-state index contributed by atoms with van der Waals surface area (Å²) in [5.41, 5.74) is 1.07. The number of fused-ring (bicyclic) bond motifs is 2. The molecule has 5 rings (SSSR count). The average Bonchev–Trinajstić information content (AvgIpc) is 2.89. The Balaban J connectivity index is 1.27. The minimum absolute atomic E-state index is 0.0350. The molecular weight excluding hydrogens is 497 g/mol. The number of hydrogen-bond acceptors (Lipinski definition) is 5. The Morgan fingerprint density at radius 2 is 1.76 bits per heavy atom. The first-order chi connectivity index (χ1) is 18.2. The van der Waals surface area contributed by atoms with Gasteiger partial charge in [-0.2, -0.15) is 8.78 Å². The second-order valence-corrected chi connectivity index (χ2v) is 10.3. The van der Waals surface area contributed by atoms with Crippen LogP contribution in [0.3, 0.4) is 0 Å². The first-order valence-electron chi connectivity index (χ1n) is 12.8. The predicted molar refractivity (Wildman–Crippen MR) is 137 cm³/mol. The van der Waals surface area contributed by atoms with Gasteiger partial charge in [0, 0.05) is 26.1 Å². The molecule has 1 saturated heterocycles. The molecule has 0 radical (unpaired) electrons. The van der Waals surface area contributed by atoms with Gasteiger partial charge in [0.1, 0.15) is 25.1 Å². The molecule has 0 saturated carbocycles. The highest BCUT2D eigenvalue weighted by Gasteiger charge is 2.41. The first kappa shape index (κ1) is 26.3. The Morgan fingerprint density at radius 1 is 1.05 bits per heavy atom. The lowest BCUT2D eigenvalue weighted by Gasteiger charge is -2.40. The lowest BCUT2D eigenvalue weighted by molar-refractivity contribution is -0.148. The van der Waals surface area contributed by atoms with Crippen LogP contribution in [0.5, 0.6) is 11.5 Å². The van der Waals surface area contributed by atoms with Crippen LogP contribution < -0.4 is 14.8 Å². The number of likely N-dealkylation sites (tertiary alicyclic amines) is 1. The fraction of sp³-hybridized carbons (Fsp3) is 0.414. The van der Waals surface area contributed by atoms with Crippen molar-refractivity contribution in [3.8, 4) is 11.5 Å². The number of hydrogen-bond donors (Lipinski definition) is 2. The molecule has 3 aromatic carbocycles. The van der Waals surface area contributed by atoms with Crippen LogP contribution in [0.25, 0.3) is 10.8 Å². The number of aryl methyl sites for hydroxylation is 1. The van der Waals surface area contributed by atoms with Crippen molar-refractivity contribution in [2.75, 3.05) is 32.8 Å². The van der Waals surface area contributed by atoms with Gasteiger partial charge >= 0.3 is 5.92 Å². The molecule has 9 heteroatoms. The number of aliphatic hydroxyl groups excluding tert-OH is 1. The van der Waals surface area contributed by atoms with E-state index in [4.69, 9.17) is 9.47 Å². The standard InChI is InChI=1S/C29H31F3N2O4/c1-18-15-34(16-18)17-24(27(35)22-5-7-25-26(14-22)38-11-10-37-25)33-28(36)29(31,32)9-8-19-2-3-21-13-23(30)6-4-20(21)12-19/h2-7,12-14,18,24,27,35H,8-11,15-17H2,1H3,(H,33,36). The van der Waals surface area contributed by atoms with Crippen LogP contribution in [0.1, 0.15) is 30.6 Å². The fourth-order valence-electron chi connectivity index (χ4n) is 5.07. The summed E-state index contributed by atoms with van der Waals surface area (Å²) in [6.45, 7) is 4.65. The summed E-state index contributed by atoms with van der Waals surface area (Å²) in [4.78, 5) is 14.8. The van der Waals surface area contributed by atoms with E-state index in [0.717, 1.165) is 18.5 Å². The Kier molecular flexibility index (Phi) is 7.49. The molecule has 202 valence electrons. The molecular formula is C29H31F3N2O4. The maximum absolute atomic E-state index is 15.0. The molecule has 0 aromatic heterocycles. The third kappa shape index (κ3) is 5.89. The average molecular weight is 529 g/mol. The van der Waals surface area contributed by atoms with E-state index in [9.17, 15) is 14.3 Å². The van der Waals surface area contributed by atoms with Crippen molar-refractivity contribution in [3.05, 3.63) is 71.5 Å². The molecule has 0 bridgehead atoms. The van der Waals surface area contributed by atoms with Gasteiger partial charge in [0.25, 0.3) is 5.91 Å². The van der Waals surface area contributed by atoms with Gasteiger partial charge in [-0.1, -0.05) is 37.3 Å². The normalized spacial score (nSPS) is 17.6. The molecule has 38 heavy (non-hydrogen) atoms. The highest BCUT2D eigenvalue weighted by atomic mass is 19.3. The largest absolute Gasteiger partial charge is 0.486 e. The van der Waals surface area contributed by atoms with Crippen molar-refractivity contribution < 1.29 is 32.5 Å². The summed E-state index contributed by atoms with van der Waals surface area (Å²) in [5, 5.41) is 15.0. The first-order valence-corrected chi connectivity index (χ1v) is 12.8. The number of nitrogens with zero attached hydrogens (tertiary/aromatic N) is 1. The molecule has 2 aliphatic rings. The van der Waals surface area contributed by atoms with Crippen LogP contribution in [0.2, 0.25) is 0 Å². The minimum atomic E-state index is -3.65. The monoisotopic (exact) mass is 528 g/mol. The topological polar surface area (TPSA) is 71.0 Å². The van der Waals surface area contributed by atoms with Gasteiger partial charge in [0.2, 0.25) is 0 Å². The van der Waals surface area contributed by atoms with E-state index >= 15 is 8.78 Å². The minimum Gasteiger partial charge on any atom is -0.486 e. The molecule has 2 atom stereocenters. The van der Waals surface area contributed by atoms with Crippen LogP contribution in [-0.2, 0) is 11.2 Å². The third-order valence-electron chi connectivity index (χ3n) is 7.13. The maximum Gasteiger partial charge on any atom is 0.324 e. The van der Waals surface area contributed by atoms with Crippen molar-refractivity contribution in [2.45, 2.75) is 37.8 Å². The summed E-state index contributed by atoms with van der Waals surface area (Å²) < 4.78 is 54.6. The lowest BCUT2D eigenvalue weighted by Crippen LogP contribution is -2.56. The number of benzene rings is 3. The Labute approximate surface area is 219 Å². The van der Waals surface area contributed by atoms with E-state index in [2.05, 4.69) is 12.2 Å². The zero-order chi connectivity index (χ0) is 26.9. The summed E-state index contributed by atoms with van der Waals surface area (Å²) in [5.74, 6) is -3.94. The molecule has 0 aliphatic carbocycles. The zero-order valence-corrected chi connectivity index (χ0v) is 21.1. The van der Waals surface area contributed by atoms with Crippen LogP contribution in [0.15, 0.2) is 54.6 Å². The Hall–Kier alpha value is -3.30. The number of carbonyl (C=O) groups excluding carboxylic acids is 1. The van der Waals surface area contributed by atoms with Gasteiger partial charge in [-0.05, 0) is 58.5 Å². The summed E-state index contributed by atoms with van der Waals surface area (Å²) >= 11 is 0. The SMILES string of the molecule is CC1CN(CC(NC(=O)C(F)(F)CCc2ccc3cc(F)ccc3c2)C(O)c2ccc3c(c2)OCCO3)C1. The summed E-state index contributed by atoms with van der Waals surface area (Å²) in [7, 11) is 0. The van der Waals surface area contributed by atoms with E-state index in [1.807, 2.05) is 4.90 Å². The Morgan fingerprint density at radius 3 is 2.53 bits per heavy atom. The second kappa shape index (κ2) is 10.8. The van der Waals surface area contributed by atoms with Crippen molar-refractivity contribution in [1.82, 2.24) is 10.2 Å². The molecule has 2 unspecified atom stereocenters. The van der Waals surface area contributed by atoms with E-state index in [-0.39, 0.29) is 18.8 Å². The molecule has 1 amide bonds. The number of nitrogens with one attached hydrogen (secondary N) is 1. The summed E-state index contributed by atoms with van der Waals surface area (Å²) in [6.07, 6.45) is -1.95. The highest BCUT2D eigenvalue weighted by molar-refractivity contribution is 5.84. The van der Waals surface area contributed by atoms with Crippen LogP contribution >= 0.6 is 0 Å². The maximum atomic E-state index is 15.0. The molecule has 0 spiro atoms. The highest BCUT2D eigenvalue weighted by Crippen LogP contribution is 2.34. The lowest BCUT2D eigenvalue weighted by atomic mass is 9.96. The summed E-state index contributed by atoms with van der Waals surface area (Å²) in [6, 6.07) is 13.4. The smallest absolute Gasteiger partial charge is 0.324 e. The fourth-order valence-corrected chi connectivity index (χ4v) is 5.07. The van der Waals surface area contributed by atoms with Crippen molar-refractivity contribution in [1.29, 1.82) is 0 Å². The number of rotatable bonds is 9. The van der Waals surface area contributed by atoms with Crippen LogP contribution in [-0.4, -0.2) is 60.7 Å². The van der Waals surface area contributed by atoms with Crippen LogP contribution in [0, 0.1) is 11.7 Å². The molecule has 2 heterocycles. The Bertz CT molecular complexity index is 1310. The number of amides is 1. The van der Waals surface area contributed by atoms with Gasteiger partial charge in [-0.3, -0.25) is 4.79 Å². The molecule has 6 nitrogen and oxygen atoms in total. The number of ether oxygens (including phenoxy) is 2. The predicted octanol–water partition coefficient (Wildman–Crippen LogP) is 4.49. The van der Waals surface area contributed by atoms with Gasteiger partial charge in [-0.25, -0.2) is 4.39 Å². The van der Waals surface area contributed by atoms with E-state index in [1.54, 1.807) is 42.5 Å². The van der Waals surface area contributed by atoms with E-state index in [0.29, 0.717) is 47.1 Å². The van der Waals surface area contributed by atoms with Crippen LogP contribution in [0.4, 0.5) is 13.2 Å². The van der Waals surface area contributed by atoms with Gasteiger partial charge in [0.05, 0.1) is 6.04 Å².